The van der Waals surface area contributed by atoms with Crippen molar-refractivity contribution < 1.29 is 5.11 Å². The van der Waals surface area contributed by atoms with Gasteiger partial charge in [-0.05, 0) is 30.5 Å². The van der Waals surface area contributed by atoms with Crippen LogP contribution in [-0.2, 0) is 0 Å². The van der Waals surface area contributed by atoms with Crippen LogP contribution >= 0.6 is 0 Å². The Kier molecular flexibility index (Phi) is 2.10. The molecule has 4 N–H and O–H groups in total. The van der Waals surface area contributed by atoms with E-state index in [0.717, 1.165) is 24.2 Å². The van der Waals surface area contributed by atoms with Gasteiger partial charge in [0.25, 0.3) is 0 Å². The van der Waals surface area contributed by atoms with Crippen LogP contribution in [0.1, 0.15) is 17.9 Å². The van der Waals surface area contributed by atoms with Gasteiger partial charge in [-0.15, -0.1) is 0 Å². The normalized spacial score (nSPS) is 20.5. The Hall–Kier alpha value is -1.22. The first-order valence-electron chi connectivity index (χ1n) is 4.58. The maximum absolute atomic E-state index is 9.57. The van der Waals surface area contributed by atoms with Gasteiger partial charge in [-0.2, -0.15) is 0 Å². The van der Waals surface area contributed by atoms with Crippen LogP contribution in [0.25, 0.3) is 0 Å². The molecule has 0 fully saturated rings. The fourth-order valence-electron chi connectivity index (χ4n) is 1.86. The van der Waals surface area contributed by atoms with E-state index in [1.807, 2.05) is 12.1 Å². The third-order valence-electron chi connectivity index (χ3n) is 2.59. The number of aromatic hydroxyl groups is 1. The highest BCUT2D eigenvalue weighted by Crippen LogP contribution is 2.36. The summed E-state index contributed by atoms with van der Waals surface area (Å²) in [7, 11) is 0. The number of nitrogens with one attached hydrogen (secondary N) is 1. The van der Waals surface area contributed by atoms with E-state index in [1.165, 1.54) is 0 Å². The van der Waals surface area contributed by atoms with Crippen molar-refractivity contribution in [2.75, 3.05) is 18.4 Å². The largest absolute Gasteiger partial charge is 0.506 e. The fourth-order valence-corrected chi connectivity index (χ4v) is 1.86. The van der Waals surface area contributed by atoms with E-state index in [2.05, 4.69) is 5.32 Å². The van der Waals surface area contributed by atoms with Gasteiger partial charge in [-0.25, -0.2) is 0 Å². The molecule has 1 heterocycles. The number of hydrogen-bond acceptors (Lipinski definition) is 3. The molecule has 13 heavy (non-hydrogen) atoms. The number of nitrogens with two attached hydrogens (primary N) is 1. The molecule has 1 aliphatic heterocycles. The molecule has 2 rings (SSSR count). The first-order chi connectivity index (χ1) is 6.33. The van der Waals surface area contributed by atoms with Gasteiger partial charge in [0, 0.05) is 6.54 Å². The zero-order chi connectivity index (χ0) is 9.26. The number of anilines is 1. The van der Waals surface area contributed by atoms with Gasteiger partial charge in [0.2, 0.25) is 0 Å². The molecule has 1 aromatic carbocycles. The van der Waals surface area contributed by atoms with E-state index in [1.54, 1.807) is 6.07 Å². The minimum Gasteiger partial charge on any atom is -0.506 e. The van der Waals surface area contributed by atoms with Gasteiger partial charge in [0.05, 0.1) is 5.69 Å². The van der Waals surface area contributed by atoms with Crippen LogP contribution in [-0.4, -0.2) is 18.2 Å². The van der Waals surface area contributed by atoms with Crippen LogP contribution in [0.5, 0.6) is 5.75 Å². The van der Waals surface area contributed by atoms with E-state index in [-0.39, 0.29) is 0 Å². The highest BCUT2D eigenvalue weighted by molar-refractivity contribution is 5.63. The number of benzene rings is 1. The van der Waals surface area contributed by atoms with Crippen molar-refractivity contribution in [1.82, 2.24) is 0 Å². The Morgan fingerprint density at radius 3 is 3.15 bits per heavy atom. The summed E-state index contributed by atoms with van der Waals surface area (Å²) < 4.78 is 0. The van der Waals surface area contributed by atoms with Crippen LogP contribution < -0.4 is 11.1 Å². The predicted molar refractivity (Wildman–Crippen MR) is 53.0 cm³/mol. The average Bonchev–Trinajstić information content (AvgIpc) is 2.18. The molecule has 0 aromatic heterocycles. The standard InChI is InChI=1S/C10H14N2O/c11-6-7-4-5-12-10-8(7)2-1-3-9(10)13/h1-3,7,12-13H,4-6,11H2. The second kappa shape index (κ2) is 3.26. The smallest absolute Gasteiger partial charge is 0.138 e. The van der Waals surface area contributed by atoms with Gasteiger partial charge in [0.1, 0.15) is 5.75 Å². The summed E-state index contributed by atoms with van der Waals surface area (Å²) in [6, 6.07) is 5.59. The van der Waals surface area contributed by atoms with E-state index in [4.69, 9.17) is 5.73 Å². The summed E-state index contributed by atoms with van der Waals surface area (Å²) in [6.07, 6.45) is 1.05. The summed E-state index contributed by atoms with van der Waals surface area (Å²) in [5, 5.41) is 12.8. The lowest BCUT2D eigenvalue weighted by molar-refractivity contribution is 0.473. The van der Waals surface area contributed by atoms with E-state index >= 15 is 0 Å². The Morgan fingerprint density at radius 2 is 2.38 bits per heavy atom. The summed E-state index contributed by atoms with van der Waals surface area (Å²) in [4.78, 5) is 0. The molecule has 3 nitrogen and oxygen atoms in total. The molecule has 0 saturated carbocycles. The zero-order valence-electron chi connectivity index (χ0n) is 7.46. The highest BCUT2D eigenvalue weighted by Gasteiger charge is 2.20. The van der Waals surface area contributed by atoms with Crippen molar-refractivity contribution in [1.29, 1.82) is 0 Å². The molecule has 1 unspecified atom stereocenters. The summed E-state index contributed by atoms with van der Waals surface area (Å²) in [5.41, 5.74) is 7.67. The molecular formula is C10H14N2O. The van der Waals surface area contributed by atoms with Gasteiger partial charge < -0.3 is 16.2 Å². The van der Waals surface area contributed by atoms with E-state index in [0.29, 0.717) is 18.2 Å². The highest BCUT2D eigenvalue weighted by atomic mass is 16.3. The first-order valence-corrected chi connectivity index (χ1v) is 4.58. The van der Waals surface area contributed by atoms with Crippen molar-refractivity contribution in [2.45, 2.75) is 12.3 Å². The number of hydrogen-bond donors (Lipinski definition) is 3. The van der Waals surface area contributed by atoms with Crippen molar-refractivity contribution in [3.8, 4) is 5.75 Å². The fraction of sp³-hybridized carbons (Fsp3) is 0.400. The van der Waals surface area contributed by atoms with E-state index < -0.39 is 0 Å². The van der Waals surface area contributed by atoms with Crippen LogP contribution in [0.2, 0.25) is 0 Å². The zero-order valence-corrected chi connectivity index (χ0v) is 7.46. The maximum Gasteiger partial charge on any atom is 0.138 e. The van der Waals surface area contributed by atoms with Crippen molar-refractivity contribution in [3.63, 3.8) is 0 Å². The van der Waals surface area contributed by atoms with Gasteiger partial charge in [-0.1, -0.05) is 12.1 Å². The second-order valence-electron chi connectivity index (χ2n) is 3.39. The topological polar surface area (TPSA) is 58.3 Å². The third-order valence-corrected chi connectivity index (χ3v) is 2.59. The van der Waals surface area contributed by atoms with Gasteiger partial charge in [0.15, 0.2) is 0 Å². The minimum atomic E-state index is 0.329. The molecule has 0 spiro atoms. The van der Waals surface area contributed by atoms with Crippen molar-refractivity contribution in [3.05, 3.63) is 23.8 Å². The molecule has 1 aromatic rings. The lowest BCUT2D eigenvalue weighted by Crippen LogP contribution is -2.22. The SMILES string of the molecule is NCC1CCNc2c(O)cccc21. The number of fused-ring (bicyclic) bond motifs is 1. The van der Waals surface area contributed by atoms with Crippen LogP contribution in [0.4, 0.5) is 5.69 Å². The van der Waals surface area contributed by atoms with Crippen molar-refractivity contribution in [2.24, 2.45) is 5.73 Å². The quantitative estimate of drug-likeness (QED) is 0.567. The third kappa shape index (κ3) is 1.35. The number of phenols is 1. The molecule has 0 radical (unpaired) electrons. The first kappa shape index (κ1) is 8.38. The molecule has 3 heteroatoms. The van der Waals surface area contributed by atoms with Crippen LogP contribution in [0, 0.1) is 0 Å². The Balaban J connectivity index is 2.45. The second-order valence-corrected chi connectivity index (χ2v) is 3.39. The average molecular weight is 178 g/mol. The van der Waals surface area contributed by atoms with Crippen molar-refractivity contribution >= 4 is 5.69 Å². The number of rotatable bonds is 1. The number of para-hydroxylation sites is 1. The summed E-state index contributed by atoms with van der Waals surface area (Å²) in [5.74, 6) is 0.721. The summed E-state index contributed by atoms with van der Waals surface area (Å²) in [6.45, 7) is 1.55. The van der Waals surface area contributed by atoms with Crippen LogP contribution in [0.3, 0.4) is 0 Å². The Morgan fingerprint density at radius 1 is 1.54 bits per heavy atom. The minimum absolute atomic E-state index is 0.329. The number of phenolic OH excluding ortho intramolecular Hbond substituents is 1. The summed E-state index contributed by atoms with van der Waals surface area (Å²) >= 11 is 0. The van der Waals surface area contributed by atoms with Gasteiger partial charge >= 0.3 is 0 Å². The molecule has 1 atom stereocenters. The molecule has 0 bridgehead atoms. The molecule has 70 valence electrons. The van der Waals surface area contributed by atoms with Crippen LogP contribution in [0.15, 0.2) is 18.2 Å². The van der Waals surface area contributed by atoms with Gasteiger partial charge in [-0.3, -0.25) is 0 Å². The predicted octanol–water partition coefficient (Wildman–Crippen LogP) is 1.25. The molecule has 1 aliphatic rings. The molecule has 0 aliphatic carbocycles. The van der Waals surface area contributed by atoms with E-state index in [9.17, 15) is 5.11 Å². The molecule has 0 amide bonds. The lowest BCUT2D eigenvalue weighted by Gasteiger charge is -2.26. The maximum atomic E-state index is 9.57. The Bertz CT molecular complexity index is 312. The lowest BCUT2D eigenvalue weighted by atomic mass is 9.91. The molecular weight excluding hydrogens is 164 g/mol. The molecule has 0 saturated heterocycles. The monoisotopic (exact) mass is 178 g/mol. The Labute approximate surface area is 77.6 Å².